The Labute approximate surface area is 117 Å². The Morgan fingerprint density at radius 1 is 1.50 bits per heavy atom. The summed E-state index contributed by atoms with van der Waals surface area (Å²) in [5, 5.41) is 5.72. The van der Waals surface area contributed by atoms with Gasteiger partial charge in [-0.1, -0.05) is 18.3 Å². The molecule has 4 N–H and O–H groups in total. The number of hydrogen-bond donors (Lipinski definition) is 3. The van der Waals surface area contributed by atoms with E-state index in [2.05, 4.69) is 10.6 Å². The highest BCUT2D eigenvalue weighted by atomic mass is 32.2. The Balaban J connectivity index is 3.09. The maximum Gasteiger partial charge on any atom is 0.241 e. The van der Waals surface area contributed by atoms with Crippen molar-refractivity contribution in [3.8, 4) is 0 Å². The Bertz CT molecular complexity index is 463. The molecule has 0 aliphatic rings. The third-order valence-corrected chi connectivity index (χ3v) is 3.49. The Morgan fingerprint density at radius 2 is 2.17 bits per heavy atom. The molecular weight excluding hydrogens is 266 g/mol. The first-order chi connectivity index (χ1) is 8.51. The summed E-state index contributed by atoms with van der Waals surface area (Å²) in [6, 6.07) is 5.38. The molecule has 1 rings (SSSR count). The molecule has 4 nitrogen and oxygen atoms in total. The first kappa shape index (κ1) is 14.8. The van der Waals surface area contributed by atoms with Gasteiger partial charge in [-0.25, -0.2) is 0 Å². The lowest BCUT2D eigenvalue weighted by Gasteiger charge is -2.18. The van der Waals surface area contributed by atoms with Crippen molar-refractivity contribution in [1.82, 2.24) is 5.32 Å². The van der Waals surface area contributed by atoms with Crippen LogP contribution < -0.4 is 16.4 Å². The average molecular weight is 283 g/mol. The van der Waals surface area contributed by atoms with Crippen LogP contribution in [0.5, 0.6) is 0 Å². The fourth-order valence-corrected chi connectivity index (χ4v) is 2.51. The molecule has 0 aliphatic carbocycles. The van der Waals surface area contributed by atoms with Crippen molar-refractivity contribution in [3.63, 3.8) is 0 Å². The highest BCUT2D eigenvalue weighted by Crippen LogP contribution is 2.27. The van der Waals surface area contributed by atoms with Crippen LogP contribution in [0.3, 0.4) is 0 Å². The van der Waals surface area contributed by atoms with E-state index in [-0.39, 0.29) is 11.9 Å². The van der Waals surface area contributed by atoms with Crippen molar-refractivity contribution in [1.29, 1.82) is 0 Å². The molecule has 0 fully saturated rings. The van der Waals surface area contributed by atoms with Crippen LogP contribution in [0.1, 0.15) is 12.5 Å². The summed E-state index contributed by atoms with van der Waals surface area (Å²) in [5.41, 5.74) is 7.32. The minimum absolute atomic E-state index is 0.0848. The first-order valence-electron chi connectivity index (χ1n) is 5.46. The summed E-state index contributed by atoms with van der Waals surface area (Å²) >= 11 is 6.65. The molecule has 0 aliphatic heterocycles. The fourth-order valence-electron chi connectivity index (χ4n) is 1.59. The summed E-state index contributed by atoms with van der Waals surface area (Å²) in [6.45, 7) is 1.79. The van der Waals surface area contributed by atoms with E-state index >= 15 is 0 Å². The van der Waals surface area contributed by atoms with Gasteiger partial charge in [0.05, 0.1) is 0 Å². The van der Waals surface area contributed by atoms with Gasteiger partial charge < -0.3 is 16.4 Å². The van der Waals surface area contributed by atoms with Crippen molar-refractivity contribution >= 4 is 40.6 Å². The second kappa shape index (κ2) is 6.61. The predicted molar refractivity (Wildman–Crippen MR) is 81.3 cm³/mol. The van der Waals surface area contributed by atoms with Crippen molar-refractivity contribution in [2.45, 2.75) is 17.9 Å². The van der Waals surface area contributed by atoms with Gasteiger partial charge in [0.2, 0.25) is 5.91 Å². The van der Waals surface area contributed by atoms with Crippen molar-refractivity contribution in [2.24, 2.45) is 5.73 Å². The van der Waals surface area contributed by atoms with Gasteiger partial charge in [-0.2, -0.15) is 0 Å². The lowest BCUT2D eigenvalue weighted by atomic mass is 10.1. The number of hydrogen-bond acceptors (Lipinski definition) is 4. The van der Waals surface area contributed by atoms with Crippen LogP contribution >= 0.6 is 24.0 Å². The van der Waals surface area contributed by atoms with Crippen molar-refractivity contribution in [2.75, 3.05) is 18.6 Å². The van der Waals surface area contributed by atoms with Crippen molar-refractivity contribution in [3.05, 3.63) is 23.8 Å². The SMILES string of the molecule is CNC(=O)C(C)Nc1cccc(SC)c1C(N)=S. The molecule has 6 heteroatoms. The second-order valence-electron chi connectivity index (χ2n) is 3.73. The van der Waals surface area contributed by atoms with Crippen LogP contribution in [0.2, 0.25) is 0 Å². The highest BCUT2D eigenvalue weighted by molar-refractivity contribution is 7.98. The van der Waals surface area contributed by atoms with Gasteiger partial charge in [0, 0.05) is 23.2 Å². The van der Waals surface area contributed by atoms with Gasteiger partial charge in [-0.05, 0) is 25.3 Å². The zero-order valence-electron chi connectivity index (χ0n) is 10.6. The van der Waals surface area contributed by atoms with E-state index in [1.54, 1.807) is 25.7 Å². The van der Waals surface area contributed by atoms with E-state index in [0.717, 1.165) is 16.1 Å². The zero-order chi connectivity index (χ0) is 13.7. The van der Waals surface area contributed by atoms with Crippen LogP contribution in [0.25, 0.3) is 0 Å². The molecule has 0 bridgehead atoms. The lowest BCUT2D eigenvalue weighted by molar-refractivity contribution is -0.121. The highest BCUT2D eigenvalue weighted by Gasteiger charge is 2.15. The molecule has 0 radical (unpaired) electrons. The van der Waals surface area contributed by atoms with Gasteiger partial charge >= 0.3 is 0 Å². The molecular formula is C12H17N3OS2. The molecule has 0 saturated carbocycles. The minimum Gasteiger partial charge on any atom is -0.389 e. The molecule has 1 aromatic rings. The van der Waals surface area contributed by atoms with Crippen LogP contribution in [0.15, 0.2) is 23.1 Å². The molecule has 1 aromatic carbocycles. The van der Waals surface area contributed by atoms with E-state index in [1.807, 2.05) is 24.5 Å². The minimum atomic E-state index is -0.347. The number of benzene rings is 1. The van der Waals surface area contributed by atoms with Crippen molar-refractivity contribution < 1.29 is 4.79 Å². The molecule has 0 saturated heterocycles. The van der Waals surface area contributed by atoms with Gasteiger partial charge in [0.15, 0.2) is 0 Å². The summed E-state index contributed by atoms with van der Waals surface area (Å²) in [5.74, 6) is -0.0848. The van der Waals surface area contributed by atoms with Crippen LogP contribution in [-0.4, -0.2) is 30.2 Å². The summed E-state index contributed by atoms with van der Waals surface area (Å²) < 4.78 is 0. The fraction of sp³-hybridized carbons (Fsp3) is 0.333. The lowest BCUT2D eigenvalue weighted by Crippen LogP contribution is -2.35. The number of nitrogens with two attached hydrogens (primary N) is 1. The molecule has 98 valence electrons. The smallest absolute Gasteiger partial charge is 0.241 e. The van der Waals surface area contributed by atoms with Crippen LogP contribution in [-0.2, 0) is 4.79 Å². The van der Waals surface area contributed by atoms with E-state index in [4.69, 9.17) is 18.0 Å². The maximum absolute atomic E-state index is 11.5. The Kier molecular flexibility index (Phi) is 5.43. The number of carbonyl (C=O) groups is 1. The Morgan fingerprint density at radius 3 is 2.67 bits per heavy atom. The third-order valence-electron chi connectivity index (χ3n) is 2.50. The molecule has 1 unspecified atom stereocenters. The molecule has 1 atom stereocenters. The number of rotatable bonds is 5. The number of amides is 1. The average Bonchev–Trinajstić information content (AvgIpc) is 2.36. The number of thioether (sulfide) groups is 1. The predicted octanol–water partition coefficient (Wildman–Crippen LogP) is 1.59. The Hall–Kier alpha value is -1.27. The van der Waals surface area contributed by atoms with Crippen LogP contribution in [0.4, 0.5) is 5.69 Å². The van der Waals surface area contributed by atoms with E-state index in [9.17, 15) is 4.79 Å². The summed E-state index contributed by atoms with van der Waals surface area (Å²) in [4.78, 5) is 12.8. The second-order valence-corrected chi connectivity index (χ2v) is 5.02. The quantitative estimate of drug-likeness (QED) is 0.565. The van der Waals surface area contributed by atoms with E-state index in [0.29, 0.717) is 4.99 Å². The number of thiocarbonyl (C=S) groups is 1. The molecule has 18 heavy (non-hydrogen) atoms. The summed E-state index contributed by atoms with van der Waals surface area (Å²) in [7, 11) is 1.60. The van der Waals surface area contributed by atoms with Crippen LogP contribution in [0, 0.1) is 0 Å². The first-order valence-corrected chi connectivity index (χ1v) is 7.09. The molecule has 1 amide bonds. The van der Waals surface area contributed by atoms with E-state index in [1.165, 1.54) is 0 Å². The summed E-state index contributed by atoms with van der Waals surface area (Å²) in [6.07, 6.45) is 1.96. The third kappa shape index (κ3) is 3.36. The van der Waals surface area contributed by atoms with Gasteiger partial charge in [0.1, 0.15) is 11.0 Å². The molecule has 0 heterocycles. The van der Waals surface area contributed by atoms with Gasteiger partial charge in [-0.3, -0.25) is 4.79 Å². The molecule has 0 aromatic heterocycles. The number of carbonyl (C=O) groups excluding carboxylic acids is 1. The maximum atomic E-state index is 11.5. The van der Waals surface area contributed by atoms with E-state index < -0.39 is 0 Å². The van der Waals surface area contributed by atoms with Gasteiger partial charge in [-0.15, -0.1) is 11.8 Å². The standard InChI is InChI=1S/C12H17N3OS2/c1-7(12(16)14-2)15-8-5-4-6-9(18-3)10(8)11(13)17/h4-7,15H,1-3H3,(H2,13,17)(H,14,16). The van der Waals surface area contributed by atoms with Gasteiger partial charge in [0.25, 0.3) is 0 Å². The monoisotopic (exact) mass is 283 g/mol. The normalized spacial score (nSPS) is 11.7. The number of likely N-dealkylation sites (N-methyl/N-ethyl adjacent to an activating group) is 1. The molecule has 0 spiro atoms. The largest absolute Gasteiger partial charge is 0.389 e. The topological polar surface area (TPSA) is 67.2 Å². The zero-order valence-corrected chi connectivity index (χ0v) is 12.2. The number of anilines is 1. The number of nitrogens with one attached hydrogen (secondary N) is 2.